The van der Waals surface area contributed by atoms with Crippen molar-refractivity contribution in [3.63, 3.8) is 0 Å². The lowest BCUT2D eigenvalue weighted by Crippen LogP contribution is -1.94. The number of halogens is 2. The molecule has 0 unspecified atom stereocenters. The van der Waals surface area contributed by atoms with Gasteiger partial charge in [0, 0.05) is 22.4 Å². The Labute approximate surface area is 165 Å². The van der Waals surface area contributed by atoms with Crippen LogP contribution in [0.3, 0.4) is 0 Å². The quantitative estimate of drug-likeness (QED) is 0.452. The van der Waals surface area contributed by atoms with E-state index in [4.69, 9.17) is 40.2 Å². The first-order valence-electron chi connectivity index (χ1n) is 7.57. The van der Waals surface area contributed by atoms with Gasteiger partial charge in [0.2, 0.25) is 4.77 Å². The summed E-state index contributed by atoms with van der Waals surface area (Å²) in [6.07, 6.45) is 5.30. The van der Waals surface area contributed by atoms with Crippen LogP contribution in [0.1, 0.15) is 5.56 Å². The zero-order chi connectivity index (χ0) is 18.5. The van der Waals surface area contributed by atoms with Crippen molar-refractivity contribution in [3.05, 3.63) is 68.9 Å². The van der Waals surface area contributed by atoms with Gasteiger partial charge in [-0.25, -0.2) is 5.10 Å². The standard InChI is InChI=1S/C18H14Cl2N4OS/c1-25-16-7-3-2-5-12(16)6-4-10-21-24-17(22-23-18(24)26)14-9-8-13(19)11-15(14)20/h2-11H,1H3,(H,23,26)/b6-4+,21-10?. The van der Waals surface area contributed by atoms with Crippen LogP contribution in [0.25, 0.3) is 17.5 Å². The van der Waals surface area contributed by atoms with Gasteiger partial charge in [0.15, 0.2) is 5.82 Å². The van der Waals surface area contributed by atoms with Crippen LogP contribution in [0, 0.1) is 4.77 Å². The van der Waals surface area contributed by atoms with Gasteiger partial charge in [0.25, 0.3) is 0 Å². The van der Waals surface area contributed by atoms with Crippen LogP contribution in [0.5, 0.6) is 5.75 Å². The molecule has 3 aromatic rings. The van der Waals surface area contributed by atoms with Crippen molar-refractivity contribution in [3.8, 4) is 17.1 Å². The molecule has 1 aromatic heterocycles. The average molecular weight is 405 g/mol. The minimum atomic E-state index is 0.355. The SMILES string of the molecule is COc1ccccc1/C=C/C=Nn1c(-c2ccc(Cl)cc2Cl)n[nH]c1=S. The number of methoxy groups -OCH3 is 1. The van der Waals surface area contributed by atoms with Crippen molar-refractivity contribution >= 4 is 47.7 Å². The van der Waals surface area contributed by atoms with Crippen molar-refractivity contribution in [2.75, 3.05) is 7.11 Å². The van der Waals surface area contributed by atoms with E-state index >= 15 is 0 Å². The summed E-state index contributed by atoms with van der Waals surface area (Å²) in [7, 11) is 1.63. The number of H-pyrrole nitrogens is 1. The predicted molar refractivity (Wildman–Crippen MR) is 109 cm³/mol. The van der Waals surface area contributed by atoms with Crippen molar-refractivity contribution in [2.45, 2.75) is 0 Å². The Kier molecular flexibility index (Phi) is 5.88. The van der Waals surface area contributed by atoms with Crippen LogP contribution in [0.15, 0.2) is 53.6 Å². The molecule has 5 nitrogen and oxygen atoms in total. The number of rotatable bonds is 5. The number of para-hydroxylation sites is 1. The molecule has 1 N–H and O–H groups in total. The molecule has 0 spiro atoms. The number of allylic oxidation sites excluding steroid dienone is 1. The van der Waals surface area contributed by atoms with E-state index in [1.165, 1.54) is 4.68 Å². The highest BCUT2D eigenvalue weighted by Gasteiger charge is 2.12. The predicted octanol–water partition coefficient (Wildman–Crippen LogP) is 5.47. The fourth-order valence-corrected chi connectivity index (χ4v) is 2.97. The molecule has 132 valence electrons. The second kappa shape index (κ2) is 8.31. The molecule has 0 saturated heterocycles. The second-order valence-corrected chi connectivity index (χ2v) is 6.38. The summed E-state index contributed by atoms with van der Waals surface area (Å²) in [6.45, 7) is 0. The first-order valence-corrected chi connectivity index (χ1v) is 8.73. The van der Waals surface area contributed by atoms with Crippen molar-refractivity contribution in [2.24, 2.45) is 5.10 Å². The van der Waals surface area contributed by atoms with Crippen LogP contribution >= 0.6 is 35.4 Å². The van der Waals surface area contributed by atoms with Crippen molar-refractivity contribution in [1.29, 1.82) is 0 Å². The van der Waals surface area contributed by atoms with Gasteiger partial charge in [-0.2, -0.15) is 14.9 Å². The highest BCUT2D eigenvalue weighted by Crippen LogP contribution is 2.29. The third kappa shape index (κ3) is 4.04. The van der Waals surface area contributed by atoms with Crippen LogP contribution in [0.4, 0.5) is 0 Å². The van der Waals surface area contributed by atoms with Crippen LogP contribution in [-0.2, 0) is 0 Å². The third-order valence-electron chi connectivity index (χ3n) is 3.51. The lowest BCUT2D eigenvalue weighted by Gasteiger charge is -2.04. The van der Waals surface area contributed by atoms with Gasteiger partial charge in [-0.05, 0) is 48.6 Å². The molecule has 0 aliphatic heterocycles. The van der Waals surface area contributed by atoms with Gasteiger partial charge >= 0.3 is 0 Å². The summed E-state index contributed by atoms with van der Waals surface area (Å²) in [5.74, 6) is 1.28. The number of nitrogens with one attached hydrogen (secondary N) is 1. The van der Waals surface area contributed by atoms with Crippen molar-refractivity contribution < 1.29 is 4.74 Å². The van der Waals surface area contributed by atoms with Crippen LogP contribution in [0.2, 0.25) is 10.0 Å². The summed E-state index contributed by atoms with van der Waals surface area (Å²) < 4.78 is 7.16. The maximum absolute atomic E-state index is 6.25. The number of aromatic nitrogens is 3. The molecule has 0 aliphatic rings. The van der Waals surface area contributed by atoms with E-state index in [-0.39, 0.29) is 0 Å². The van der Waals surface area contributed by atoms with Crippen LogP contribution < -0.4 is 4.74 Å². The maximum Gasteiger partial charge on any atom is 0.216 e. The Hall–Kier alpha value is -2.41. The molecule has 0 saturated carbocycles. The fraction of sp³-hybridized carbons (Fsp3) is 0.0556. The molecule has 26 heavy (non-hydrogen) atoms. The summed E-state index contributed by atoms with van der Waals surface area (Å²) >= 11 is 17.4. The minimum absolute atomic E-state index is 0.355. The third-order valence-corrected chi connectivity index (χ3v) is 4.32. The number of hydrogen-bond donors (Lipinski definition) is 1. The monoisotopic (exact) mass is 404 g/mol. The largest absolute Gasteiger partial charge is 0.496 e. The van der Waals surface area contributed by atoms with Crippen molar-refractivity contribution in [1.82, 2.24) is 14.9 Å². The number of aromatic amines is 1. The second-order valence-electron chi connectivity index (χ2n) is 5.15. The Morgan fingerprint density at radius 2 is 2.04 bits per heavy atom. The highest BCUT2D eigenvalue weighted by molar-refractivity contribution is 7.71. The number of nitrogens with zero attached hydrogens (tertiary/aromatic N) is 3. The molecule has 2 aromatic carbocycles. The average Bonchev–Trinajstić information content (AvgIpc) is 2.99. The summed E-state index contributed by atoms with van der Waals surface area (Å²) in [4.78, 5) is 0. The molecule has 0 aliphatic carbocycles. The Balaban J connectivity index is 1.89. The van der Waals surface area contributed by atoms with Gasteiger partial charge < -0.3 is 4.74 Å². The van der Waals surface area contributed by atoms with E-state index in [0.29, 0.717) is 26.2 Å². The molecule has 0 atom stereocenters. The zero-order valence-electron chi connectivity index (χ0n) is 13.7. The molecule has 0 bridgehead atoms. The van der Waals surface area contributed by atoms with Gasteiger partial charge in [-0.1, -0.05) is 41.4 Å². The normalized spacial score (nSPS) is 11.5. The number of benzene rings is 2. The summed E-state index contributed by atoms with van der Waals surface area (Å²) in [5, 5.41) is 12.3. The topological polar surface area (TPSA) is 55.2 Å². The van der Waals surface area contributed by atoms with Crippen LogP contribution in [-0.4, -0.2) is 28.2 Å². The van der Waals surface area contributed by atoms with E-state index in [1.807, 2.05) is 30.3 Å². The molecule has 0 radical (unpaired) electrons. The van der Waals surface area contributed by atoms with Gasteiger partial charge in [-0.3, -0.25) is 0 Å². The lowest BCUT2D eigenvalue weighted by atomic mass is 10.2. The Morgan fingerprint density at radius 1 is 1.23 bits per heavy atom. The number of hydrogen-bond acceptors (Lipinski definition) is 4. The Morgan fingerprint density at radius 3 is 2.81 bits per heavy atom. The first-order chi connectivity index (χ1) is 12.6. The minimum Gasteiger partial charge on any atom is -0.496 e. The van der Waals surface area contributed by atoms with E-state index in [9.17, 15) is 0 Å². The molecule has 0 amide bonds. The molecule has 1 heterocycles. The summed E-state index contributed by atoms with van der Waals surface area (Å²) in [5.41, 5.74) is 1.62. The van der Waals surface area contributed by atoms with Gasteiger partial charge in [-0.15, -0.1) is 0 Å². The zero-order valence-corrected chi connectivity index (χ0v) is 16.0. The lowest BCUT2D eigenvalue weighted by molar-refractivity contribution is 0.414. The van der Waals surface area contributed by atoms with E-state index < -0.39 is 0 Å². The smallest absolute Gasteiger partial charge is 0.216 e. The summed E-state index contributed by atoms with van der Waals surface area (Å²) in [6, 6.07) is 12.8. The fourth-order valence-electron chi connectivity index (χ4n) is 2.30. The van der Waals surface area contributed by atoms with E-state index in [1.54, 1.807) is 37.6 Å². The molecule has 8 heteroatoms. The first kappa shape index (κ1) is 18.4. The molecule has 0 fully saturated rings. The maximum atomic E-state index is 6.25. The molecule has 3 rings (SSSR count). The number of ether oxygens (including phenoxy) is 1. The van der Waals surface area contributed by atoms with E-state index in [2.05, 4.69) is 15.3 Å². The van der Waals surface area contributed by atoms with E-state index in [0.717, 1.165) is 11.3 Å². The van der Waals surface area contributed by atoms with Gasteiger partial charge in [0.05, 0.1) is 12.1 Å². The van der Waals surface area contributed by atoms with Gasteiger partial charge in [0.1, 0.15) is 5.75 Å². The Bertz CT molecular complexity index is 1040. The molecular formula is C18H14Cl2N4OS. The highest BCUT2D eigenvalue weighted by atomic mass is 35.5. The molecular weight excluding hydrogens is 391 g/mol.